The minimum Gasteiger partial charge on any atom is -0.371 e. The van der Waals surface area contributed by atoms with Crippen molar-refractivity contribution < 1.29 is 9.53 Å². The van der Waals surface area contributed by atoms with Crippen molar-refractivity contribution >= 4 is 16.9 Å². The number of ether oxygens (including phenoxy) is 1. The maximum absolute atomic E-state index is 11.1. The fourth-order valence-corrected chi connectivity index (χ4v) is 2.54. The predicted molar refractivity (Wildman–Crippen MR) is 71.8 cm³/mol. The van der Waals surface area contributed by atoms with Crippen molar-refractivity contribution in [3.05, 3.63) is 29.6 Å². The maximum Gasteiger partial charge on any atom is 0.216 e. The van der Waals surface area contributed by atoms with Crippen molar-refractivity contribution in [1.82, 2.24) is 14.9 Å². The van der Waals surface area contributed by atoms with Gasteiger partial charge >= 0.3 is 0 Å². The maximum atomic E-state index is 11.1. The molecule has 0 saturated heterocycles. The van der Waals surface area contributed by atoms with E-state index in [1.165, 1.54) is 12.5 Å². The van der Waals surface area contributed by atoms with Crippen molar-refractivity contribution in [2.75, 3.05) is 13.2 Å². The van der Waals surface area contributed by atoms with Crippen molar-refractivity contribution in [2.24, 2.45) is 0 Å². The Labute approximate surface area is 111 Å². The van der Waals surface area contributed by atoms with Gasteiger partial charge < -0.3 is 14.6 Å². The summed E-state index contributed by atoms with van der Waals surface area (Å²) in [5.74, 6) is 0.912. The molecule has 1 N–H and O–H groups in total. The number of aryl methyl sites for hydroxylation is 1. The van der Waals surface area contributed by atoms with Gasteiger partial charge in [0.05, 0.1) is 23.7 Å². The Morgan fingerprint density at radius 3 is 3.21 bits per heavy atom. The quantitative estimate of drug-likeness (QED) is 0.890. The fraction of sp³-hybridized carbons (Fsp3) is 0.429. The number of aromatic nitrogens is 2. The number of carbonyl (C=O) groups is 1. The van der Waals surface area contributed by atoms with E-state index in [0.717, 1.165) is 16.9 Å². The zero-order valence-electron chi connectivity index (χ0n) is 11.1. The largest absolute Gasteiger partial charge is 0.371 e. The van der Waals surface area contributed by atoms with Crippen molar-refractivity contribution in [2.45, 2.75) is 26.5 Å². The number of fused-ring (bicyclic) bond motifs is 3. The molecule has 1 amide bonds. The van der Waals surface area contributed by atoms with Crippen LogP contribution in [-0.2, 0) is 16.1 Å². The number of nitrogens with zero attached hydrogens (tertiary/aromatic N) is 2. The summed E-state index contributed by atoms with van der Waals surface area (Å²) in [7, 11) is 0. The van der Waals surface area contributed by atoms with Crippen molar-refractivity contribution in [3.63, 3.8) is 0 Å². The van der Waals surface area contributed by atoms with Gasteiger partial charge in [-0.05, 0) is 24.6 Å². The number of amides is 1. The predicted octanol–water partition coefficient (Wildman–Crippen LogP) is 1.55. The first kappa shape index (κ1) is 12.2. The molecule has 1 aromatic carbocycles. The molecule has 3 rings (SSSR count). The topological polar surface area (TPSA) is 56.1 Å². The zero-order valence-corrected chi connectivity index (χ0v) is 11.1. The number of hydrogen-bond acceptors (Lipinski definition) is 3. The van der Waals surface area contributed by atoms with E-state index in [4.69, 9.17) is 4.74 Å². The fourth-order valence-electron chi connectivity index (χ4n) is 2.54. The van der Waals surface area contributed by atoms with Crippen molar-refractivity contribution in [3.8, 4) is 0 Å². The molecule has 5 heteroatoms. The van der Waals surface area contributed by atoms with Crippen LogP contribution in [0.1, 0.15) is 24.4 Å². The lowest BCUT2D eigenvalue weighted by Crippen LogP contribution is -2.34. The number of imidazole rings is 1. The van der Waals surface area contributed by atoms with Gasteiger partial charge in [0.15, 0.2) is 0 Å². The summed E-state index contributed by atoms with van der Waals surface area (Å²) in [4.78, 5) is 15.7. The molecule has 0 spiro atoms. The van der Waals surface area contributed by atoms with Gasteiger partial charge in [0.2, 0.25) is 5.91 Å². The van der Waals surface area contributed by atoms with Crippen LogP contribution in [0.4, 0.5) is 0 Å². The first-order chi connectivity index (χ1) is 9.15. The normalized spacial score (nSPS) is 18.3. The van der Waals surface area contributed by atoms with Gasteiger partial charge in [0, 0.05) is 13.5 Å². The lowest BCUT2D eigenvalue weighted by molar-refractivity contribution is -0.119. The molecule has 0 aliphatic carbocycles. The van der Waals surface area contributed by atoms with Gasteiger partial charge in [0.25, 0.3) is 0 Å². The molecule has 1 atom stereocenters. The molecule has 0 fully saturated rings. The number of hydrogen-bond donors (Lipinski definition) is 1. The highest BCUT2D eigenvalue weighted by Crippen LogP contribution is 2.26. The highest BCUT2D eigenvalue weighted by Gasteiger charge is 2.23. The Morgan fingerprint density at radius 2 is 2.42 bits per heavy atom. The smallest absolute Gasteiger partial charge is 0.216 e. The SMILES string of the molecule is CC(=O)NCC1COCc2nc3cc(C)ccc3n21. The van der Waals surface area contributed by atoms with Crippen LogP contribution >= 0.6 is 0 Å². The van der Waals surface area contributed by atoms with Crippen LogP contribution in [0.25, 0.3) is 11.0 Å². The molecule has 100 valence electrons. The summed E-state index contributed by atoms with van der Waals surface area (Å²) in [5, 5.41) is 2.85. The van der Waals surface area contributed by atoms with Crippen LogP contribution in [0.5, 0.6) is 0 Å². The van der Waals surface area contributed by atoms with Gasteiger partial charge in [-0.1, -0.05) is 6.07 Å². The van der Waals surface area contributed by atoms with Crippen LogP contribution in [0.3, 0.4) is 0 Å². The Hall–Kier alpha value is -1.88. The summed E-state index contributed by atoms with van der Waals surface area (Å²) in [6.45, 7) is 5.29. The lowest BCUT2D eigenvalue weighted by atomic mass is 10.2. The van der Waals surface area contributed by atoms with E-state index in [0.29, 0.717) is 19.8 Å². The molecule has 1 aliphatic heterocycles. The van der Waals surface area contributed by atoms with Gasteiger partial charge in [0.1, 0.15) is 12.4 Å². The molecule has 1 aliphatic rings. The van der Waals surface area contributed by atoms with E-state index in [9.17, 15) is 4.79 Å². The van der Waals surface area contributed by atoms with Crippen LogP contribution in [0.2, 0.25) is 0 Å². The monoisotopic (exact) mass is 259 g/mol. The third kappa shape index (κ3) is 2.21. The van der Waals surface area contributed by atoms with Crippen LogP contribution in [0.15, 0.2) is 18.2 Å². The Kier molecular flexibility index (Phi) is 2.98. The third-order valence-corrected chi connectivity index (χ3v) is 3.41. The summed E-state index contributed by atoms with van der Waals surface area (Å²) < 4.78 is 7.75. The summed E-state index contributed by atoms with van der Waals surface area (Å²) in [6, 6.07) is 6.37. The number of rotatable bonds is 2. The molecule has 19 heavy (non-hydrogen) atoms. The highest BCUT2D eigenvalue weighted by atomic mass is 16.5. The molecular weight excluding hydrogens is 242 g/mol. The Bertz CT molecular complexity index is 633. The first-order valence-electron chi connectivity index (χ1n) is 6.45. The van der Waals surface area contributed by atoms with Gasteiger partial charge in [-0.25, -0.2) is 4.98 Å². The van der Waals surface area contributed by atoms with Crippen molar-refractivity contribution in [1.29, 1.82) is 0 Å². The van der Waals surface area contributed by atoms with Gasteiger partial charge in [-0.15, -0.1) is 0 Å². The second-order valence-electron chi connectivity index (χ2n) is 5.00. The molecular formula is C14H17N3O2. The molecule has 0 saturated carbocycles. The number of nitrogens with one attached hydrogen (secondary N) is 1. The summed E-state index contributed by atoms with van der Waals surface area (Å²) >= 11 is 0. The van der Waals surface area contributed by atoms with Crippen LogP contribution in [-0.4, -0.2) is 28.6 Å². The summed E-state index contributed by atoms with van der Waals surface area (Å²) in [6.07, 6.45) is 0. The molecule has 2 aromatic rings. The summed E-state index contributed by atoms with van der Waals surface area (Å²) in [5.41, 5.74) is 3.30. The van der Waals surface area contributed by atoms with Gasteiger partial charge in [-0.3, -0.25) is 4.79 Å². The van der Waals surface area contributed by atoms with E-state index in [1.54, 1.807) is 0 Å². The Balaban J connectivity index is 2.02. The van der Waals surface area contributed by atoms with E-state index in [2.05, 4.69) is 40.0 Å². The zero-order chi connectivity index (χ0) is 13.4. The Morgan fingerprint density at radius 1 is 1.58 bits per heavy atom. The van der Waals surface area contributed by atoms with Crippen LogP contribution < -0.4 is 5.32 Å². The average molecular weight is 259 g/mol. The van der Waals surface area contributed by atoms with Gasteiger partial charge in [-0.2, -0.15) is 0 Å². The van der Waals surface area contributed by atoms with E-state index >= 15 is 0 Å². The second kappa shape index (κ2) is 4.66. The first-order valence-corrected chi connectivity index (χ1v) is 6.45. The number of benzene rings is 1. The third-order valence-electron chi connectivity index (χ3n) is 3.41. The molecule has 2 heterocycles. The molecule has 0 bridgehead atoms. The molecule has 0 radical (unpaired) electrons. The molecule has 1 aromatic heterocycles. The average Bonchev–Trinajstić information content (AvgIpc) is 2.73. The molecule has 5 nitrogen and oxygen atoms in total. The van der Waals surface area contributed by atoms with E-state index < -0.39 is 0 Å². The lowest BCUT2D eigenvalue weighted by Gasteiger charge is -2.26. The van der Waals surface area contributed by atoms with Crippen LogP contribution in [0, 0.1) is 6.92 Å². The standard InChI is InChI=1S/C14H17N3O2/c1-9-3-4-13-12(5-9)16-14-8-19-7-11(17(13)14)6-15-10(2)18/h3-5,11H,6-8H2,1-2H3,(H,15,18). The van der Waals surface area contributed by atoms with E-state index in [-0.39, 0.29) is 11.9 Å². The minimum absolute atomic E-state index is 0.0209. The van der Waals surface area contributed by atoms with E-state index in [1.807, 2.05) is 0 Å². The minimum atomic E-state index is -0.0209. The molecule has 1 unspecified atom stereocenters. The highest BCUT2D eigenvalue weighted by molar-refractivity contribution is 5.77. The number of carbonyl (C=O) groups excluding carboxylic acids is 1. The second-order valence-corrected chi connectivity index (χ2v) is 5.00.